The molecule has 3 aromatic carbocycles. The Kier molecular flexibility index (Phi) is 8.52. The van der Waals surface area contributed by atoms with E-state index in [2.05, 4.69) is 25.3 Å². The Morgan fingerprint density at radius 3 is 2.21 bits per heavy atom. The predicted molar refractivity (Wildman–Crippen MR) is 163 cm³/mol. The van der Waals surface area contributed by atoms with Gasteiger partial charge in [0.25, 0.3) is 10.0 Å². The number of carbonyl (C=O) groups is 1. The first kappa shape index (κ1) is 28.8. The minimum Gasteiger partial charge on any atom is -0.497 e. The van der Waals surface area contributed by atoms with E-state index >= 15 is 0 Å². The first-order valence-electron chi connectivity index (χ1n) is 12.7. The van der Waals surface area contributed by atoms with Gasteiger partial charge in [-0.05, 0) is 41.3 Å². The second-order valence-corrected chi connectivity index (χ2v) is 11.8. The number of primary amides is 1. The van der Waals surface area contributed by atoms with Crippen LogP contribution in [0.4, 0.5) is 17.3 Å². The van der Waals surface area contributed by atoms with Crippen molar-refractivity contribution in [2.75, 3.05) is 24.3 Å². The Morgan fingerprint density at radius 2 is 1.60 bits per heavy atom. The molecule has 5 rings (SSSR count). The van der Waals surface area contributed by atoms with Gasteiger partial charge in [-0.15, -0.1) is 11.3 Å². The maximum absolute atomic E-state index is 13.7. The molecule has 0 aliphatic carbocycles. The zero-order valence-corrected chi connectivity index (χ0v) is 24.3. The summed E-state index contributed by atoms with van der Waals surface area (Å²) in [5.74, 6) is 0.566. The molecule has 11 nitrogen and oxygen atoms in total. The van der Waals surface area contributed by atoms with Crippen LogP contribution >= 0.6 is 11.3 Å². The fraction of sp³-hybridized carbons (Fsp3) is 0.138. The summed E-state index contributed by atoms with van der Waals surface area (Å²) in [5.41, 5.74) is 7.67. The van der Waals surface area contributed by atoms with Crippen molar-refractivity contribution in [1.29, 1.82) is 0 Å². The number of amides is 1. The SMILES string of the molecule is COc1cc(Nc2nc3ccccc3nc2NS(=O)(=O)c2cccc([C@@H](NCc3cccs3)C(N)=O)c2)cc(OC)c1. The lowest BCUT2D eigenvalue weighted by Crippen LogP contribution is -2.33. The summed E-state index contributed by atoms with van der Waals surface area (Å²) in [6.45, 7) is 0.400. The van der Waals surface area contributed by atoms with Crippen molar-refractivity contribution in [3.05, 3.63) is 94.7 Å². The number of hydrogen-bond donors (Lipinski definition) is 4. The average Bonchev–Trinajstić information content (AvgIpc) is 3.51. The van der Waals surface area contributed by atoms with Crippen LogP contribution < -0.4 is 30.6 Å². The molecule has 1 amide bonds. The van der Waals surface area contributed by atoms with Crippen LogP contribution in [-0.2, 0) is 21.4 Å². The highest BCUT2D eigenvalue weighted by Crippen LogP contribution is 2.31. The van der Waals surface area contributed by atoms with E-state index in [1.165, 1.54) is 37.7 Å². The molecule has 0 unspecified atom stereocenters. The number of aromatic nitrogens is 2. The van der Waals surface area contributed by atoms with Crippen molar-refractivity contribution in [2.24, 2.45) is 5.73 Å². The minimum atomic E-state index is -4.18. The number of nitrogens with two attached hydrogens (primary N) is 1. The van der Waals surface area contributed by atoms with Crippen LogP contribution in [0.25, 0.3) is 11.0 Å². The number of anilines is 3. The first-order valence-corrected chi connectivity index (χ1v) is 15.1. The van der Waals surface area contributed by atoms with Gasteiger partial charge in [0.05, 0.1) is 30.1 Å². The van der Waals surface area contributed by atoms with E-state index < -0.39 is 22.0 Å². The number of hydrogen-bond acceptors (Lipinski definition) is 10. The number of rotatable bonds is 12. The fourth-order valence-electron chi connectivity index (χ4n) is 4.22. The van der Waals surface area contributed by atoms with Gasteiger partial charge in [-0.3, -0.25) is 14.8 Å². The average molecular weight is 605 g/mol. The molecular formula is C29H28N6O5S2. The quantitative estimate of drug-likeness (QED) is 0.160. The lowest BCUT2D eigenvalue weighted by atomic mass is 10.1. The maximum atomic E-state index is 13.7. The largest absolute Gasteiger partial charge is 0.497 e. The topological polar surface area (TPSA) is 158 Å². The molecule has 2 heterocycles. The number of ether oxygens (including phenoxy) is 2. The molecule has 5 aromatic rings. The minimum absolute atomic E-state index is 0.0249. The number of para-hydroxylation sites is 2. The van der Waals surface area contributed by atoms with E-state index in [0.29, 0.717) is 40.3 Å². The van der Waals surface area contributed by atoms with Gasteiger partial charge in [-0.25, -0.2) is 18.4 Å². The third kappa shape index (κ3) is 6.60. The van der Waals surface area contributed by atoms with Crippen molar-refractivity contribution in [3.8, 4) is 11.5 Å². The number of nitrogens with one attached hydrogen (secondary N) is 3. The summed E-state index contributed by atoms with van der Waals surface area (Å²) in [4.78, 5) is 22.4. The van der Waals surface area contributed by atoms with E-state index in [1.54, 1.807) is 48.5 Å². The van der Waals surface area contributed by atoms with Crippen LogP contribution in [0.2, 0.25) is 0 Å². The van der Waals surface area contributed by atoms with Crippen molar-refractivity contribution >= 4 is 55.6 Å². The maximum Gasteiger partial charge on any atom is 0.263 e. The molecule has 2 aromatic heterocycles. The number of nitrogens with zero attached hydrogens (tertiary/aromatic N) is 2. The van der Waals surface area contributed by atoms with Crippen LogP contribution in [0.1, 0.15) is 16.5 Å². The van der Waals surface area contributed by atoms with Crippen LogP contribution in [0.5, 0.6) is 11.5 Å². The standard InChI is InChI=1S/C29H28N6O5S2/c1-39-20-14-19(15-21(16-20)40-2)32-28-29(34-25-11-4-3-10-24(25)33-28)35-42(37,38)23-9-5-7-18(13-23)26(27(30)36)31-17-22-8-6-12-41-22/h3-16,26,31H,17H2,1-2H3,(H2,30,36)(H,32,33)(H,34,35)/t26-/m1/s1. The van der Waals surface area contributed by atoms with Gasteiger partial charge in [0.15, 0.2) is 11.6 Å². The Bertz CT molecular complexity index is 1810. The van der Waals surface area contributed by atoms with Crippen LogP contribution in [0.15, 0.2) is 89.1 Å². The van der Waals surface area contributed by atoms with Crippen LogP contribution in [0.3, 0.4) is 0 Å². The second-order valence-electron chi connectivity index (χ2n) is 9.11. The van der Waals surface area contributed by atoms with Crippen molar-refractivity contribution in [2.45, 2.75) is 17.5 Å². The molecule has 1 atom stereocenters. The summed E-state index contributed by atoms with van der Waals surface area (Å²) in [6, 6.07) is 21.2. The lowest BCUT2D eigenvalue weighted by Gasteiger charge is -2.17. The molecule has 0 aliphatic heterocycles. The number of thiophene rings is 1. The molecule has 216 valence electrons. The highest BCUT2D eigenvalue weighted by atomic mass is 32.2. The molecule has 0 bridgehead atoms. The Labute approximate surface area is 246 Å². The zero-order chi connectivity index (χ0) is 29.7. The van der Waals surface area contributed by atoms with Crippen molar-refractivity contribution < 1.29 is 22.7 Å². The summed E-state index contributed by atoms with van der Waals surface area (Å²) in [5, 5.41) is 8.17. The highest BCUT2D eigenvalue weighted by molar-refractivity contribution is 7.92. The second kappa shape index (κ2) is 12.4. The third-order valence-electron chi connectivity index (χ3n) is 6.26. The smallest absolute Gasteiger partial charge is 0.263 e. The summed E-state index contributed by atoms with van der Waals surface area (Å²) in [6.07, 6.45) is 0. The third-order valence-corrected chi connectivity index (χ3v) is 8.48. The predicted octanol–water partition coefficient (Wildman–Crippen LogP) is 4.57. The molecule has 0 spiro atoms. The Hall–Kier alpha value is -4.72. The molecule has 13 heteroatoms. The molecule has 0 fully saturated rings. The van der Waals surface area contributed by atoms with E-state index in [1.807, 2.05) is 23.6 Å². The van der Waals surface area contributed by atoms with E-state index in [-0.39, 0.29) is 16.5 Å². The van der Waals surface area contributed by atoms with E-state index in [0.717, 1.165) is 4.88 Å². The van der Waals surface area contributed by atoms with Gasteiger partial charge >= 0.3 is 0 Å². The van der Waals surface area contributed by atoms with Gasteiger partial charge in [-0.1, -0.05) is 30.3 Å². The fourth-order valence-corrected chi connectivity index (χ4v) is 5.94. The molecular weight excluding hydrogens is 576 g/mol. The highest BCUT2D eigenvalue weighted by Gasteiger charge is 2.23. The summed E-state index contributed by atoms with van der Waals surface area (Å²) in [7, 11) is -1.12. The number of benzene rings is 3. The molecule has 0 saturated heterocycles. The first-order chi connectivity index (χ1) is 20.3. The molecule has 0 saturated carbocycles. The molecule has 5 N–H and O–H groups in total. The number of sulfonamides is 1. The normalized spacial score (nSPS) is 12.0. The van der Waals surface area contributed by atoms with Gasteiger partial charge in [-0.2, -0.15) is 0 Å². The van der Waals surface area contributed by atoms with Gasteiger partial charge in [0.2, 0.25) is 5.91 Å². The summed E-state index contributed by atoms with van der Waals surface area (Å²) < 4.78 is 40.6. The van der Waals surface area contributed by atoms with Gasteiger partial charge < -0.3 is 20.5 Å². The van der Waals surface area contributed by atoms with Crippen LogP contribution in [0, 0.1) is 0 Å². The summed E-state index contributed by atoms with van der Waals surface area (Å²) >= 11 is 1.53. The molecule has 42 heavy (non-hydrogen) atoms. The molecule has 0 radical (unpaired) electrons. The van der Waals surface area contributed by atoms with E-state index in [4.69, 9.17) is 15.2 Å². The van der Waals surface area contributed by atoms with Crippen molar-refractivity contribution in [3.63, 3.8) is 0 Å². The monoisotopic (exact) mass is 604 g/mol. The number of fused-ring (bicyclic) bond motifs is 1. The molecule has 0 aliphatic rings. The van der Waals surface area contributed by atoms with Gasteiger partial charge in [0, 0.05) is 35.3 Å². The van der Waals surface area contributed by atoms with Gasteiger partial charge in [0.1, 0.15) is 17.5 Å². The number of methoxy groups -OCH3 is 2. The van der Waals surface area contributed by atoms with Crippen molar-refractivity contribution in [1.82, 2.24) is 15.3 Å². The zero-order valence-electron chi connectivity index (χ0n) is 22.7. The Morgan fingerprint density at radius 1 is 0.905 bits per heavy atom. The number of carbonyl (C=O) groups excluding carboxylic acids is 1. The lowest BCUT2D eigenvalue weighted by molar-refractivity contribution is -0.120. The Balaban J connectivity index is 1.48. The van der Waals surface area contributed by atoms with E-state index in [9.17, 15) is 13.2 Å². The van der Waals surface area contributed by atoms with Crippen LogP contribution in [-0.4, -0.2) is 38.5 Å².